The molecule has 2 N–H and O–H groups in total. The lowest BCUT2D eigenvalue weighted by molar-refractivity contribution is 0.0689. The number of carboxylic acids is 1. The van der Waals surface area contributed by atoms with Crippen molar-refractivity contribution in [2.45, 2.75) is 38.3 Å². The molecule has 2 aliphatic rings. The fourth-order valence-corrected chi connectivity index (χ4v) is 3.04. The minimum absolute atomic E-state index is 0.0132. The number of anilines is 1. The Morgan fingerprint density at radius 1 is 1.45 bits per heavy atom. The number of nitrogens with zero attached hydrogens (tertiary/aromatic N) is 2. The molecular formula is C14H17N3O3. The Morgan fingerprint density at radius 3 is 2.80 bits per heavy atom. The summed E-state index contributed by atoms with van der Waals surface area (Å²) in [5.41, 5.74) is 0.920. The van der Waals surface area contributed by atoms with Crippen LogP contribution in [0.5, 0.6) is 0 Å². The monoisotopic (exact) mass is 275 g/mol. The molecule has 1 amide bonds. The number of hydrogen-bond donors (Lipinski definition) is 2. The third-order valence-corrected chi connectivity index (χ3v) is 4.22. The first-order valence-corrected chi connectivity index (χ1v) is 6.86. The van der Waals surface area contributed by atoms with Gasteiger partial charge < -0.3 is 15.3 Å². The van der Waals surface area contributed by atoms with Crippen molar-refractivity contribution in [3.63, 3.8) is 0 Å². The standard InChI is InChI=1S/C14H17N3O3/c1-17(8-4-2-3-5-8)11-6-9-10(7-15-13(9)18)12(16-11)14(19)20/h6,8H,2-5,7H2,1H3,(H,15,18)(H,19,20). The van der Waals surface area contributed by atoms with E-state index in [1.54, 1.807) is 6.07 Å². The SMILES string of the molecule is CN(c1cc2c(c(C(=O)O)n1)CNC2=O)C1CCCC1. The van der Waals surface area contributed by atoms with Crippen molar-refractivity contribution >= 4 is 17.7 Å². The molecule has 1 aliphatic heterocycles. The molecule has 106 valence electrons. The summed E-state index contributed by atoms with van der Waals surface area (Å²) in [4.78, 5) is 29.4. The molecule has 0 atom stereocenters. The summed E-state index contributed by atoms with van der Waals surface area (Å²) in [7, 11) is 1.92. The molecule has 1 aliphatic carbocycles. The number of nitrogens with one attached hydrogen (secondary N) is 1. The predicted molar refractivity (Wildman–Crippen MR) is 73.0 cm³/mol. The number of aromatic carboxylic acids is 1. The molecule has 0 unspecified atom stereocenters. The largest absolute Gasteiger partial charge is 0.476 e. The van der Waals surface area contributed by atoms with Crippen LogP contribution in [-0.2, 0) is 6.54 Å². The van der Waals surface area contributed by atoms with Crippen molar-refractivity contribution < 1.29 is 14.7 Å². The number of pyridine rings is 1. The van der Waals surface area contributed by atoms with E-state index in [2.05, 4.69) is 10.3 Å². The van der Waals surface area contributed by atoms with Gasteiger partial charge in [-0.1, -0.05) is 12.8 Å². The minimum Gasteiger partial charge on any atom is -0.476 e. The average Bonchev–Trinajstić information content (AvgIpc) is 3.07. The van der Waals surface area contributed by atoms with E-state index in [0.717, 1.165) is 12.8 Å². The number of fused-ring (bicyclic) bond motifs is 1. The van der Waals surface area contributed by atoms with Gasteiger partial charge in [-0.25, -0.2) is 9.78 Å². The smallest absolute Gasteiger partial charge is 0.354 e. The van der Waals surface area contributed by atoms with Crippen molar-refractivity contribution in [1.82, 2.24) is 10.3 Å². The van der Waals surface area contributed by atoms with Gasteiger partial charge in [0.25, 0.3) is 5.91 Å². The van der Waals surface area contributed by atoms with Crippen LogP contribution in [0.1, 0.15) is 52.1 Å². The van der Waals surface area contributed by atoms with Crippen molar-refractivity contribution in [3.8, 4) is 0 Å². The highest BCUT2D eigenvalue weighted by molar-refractivity contribution is 6.02. The second kappa shape index (κ2) is 4.77. The van der Waals surface area contributed by atoms with Crippen LogP contribution in [-0.4, -0.2) is 35.1 Å². The Bertz CT molecular complexity index is 579. The van der Waals surface area contributed by atoms with Gasteiger partial charge in [0.2, 0.25) is 0 Å². The third-order valence-electron chi connectivity index (χ3n) is 4.22. The van der Waals surface area contributed by atoms with Crippen LogP contribution in [0.2, 0.25) is 0 Å². The van der Waals surface area contributed by atoms with Gasteiger partial charge in [0.15, 0.2) is 5.69 Å². The fraction of sp³-hybridized carbons (Fsp3) is 0.500. The summed E-state index contributed by atoms with van der Waals surface area (Å²) in [5, 5.41) is 11.9. The molecule has 0 radical (unpaired) electrons. The fourth-order valence-electron chi connectivity index (χ4n) is 3.04. The molecular weight excluding hydrogens is 258 g/mol. The average molecular weight is 275 g/mol. The first-order valence-electron chi connectivity index (χ1n) is 6.86. The number of carbonyl (C=O) groups excluding carboxylic acids is 1. The van der Waals surface area contributed by atoms with Gasteiger partial charge in [0, 0.05) is 25.2 Å². The van der Waals surface area contributed by atoms with Crippen LogP contribution in [0.25, 0.3) is 0 Å². The maximum atomic E-state index is 11.8. The topological polar surface area (TPSA) is 82.5 Å². The first kappa shape index (κ1) is 12.9. The molecule has 1 saturated carbocycles. The van der Waals surface area contributed by atoms with Crippen molar-refractivity contribution in [1.29, 1.82) is 0 Å². The highest BCUT2D eigenvalue weighted by Crippen LogP contribution is 2.29. The van der Waals surface area contributed by atoms with Gasteiger partial charge in [-0.05, 0) is 18.9 Å². The predicted octanol–water partition coefficient (Wildman–Crippen LogP) is 1.40. The summed E-state index contributed by atoms with van der Waals surface area (Å²) in [6, 6.07) is 2.09. The summed E-state index contributed by atoms with van der Waals surface area (Å²) >= 11 is 0. The van der Waals surface area contributed by atoms with Gasteiger partial charge in [-0.2, -0.15) is 0 Å². The Hall–Kier alpha value is -2.11. The van der Waals surface area contributed by atoms with E-state index in [-0.39, 0.29) is 18.1 Å². The molecule has 3 rings (SSSR count). The number of amides is 1. The summed E-state index contributed by atoms with van der Waals surface area (Å²) < 4.78 is 0. The lowest BCUT2D eigenvalue weighted by atomic mass is 10.1. The highest BCUT2D eigenvalue weighted by Gasteiger charge is 2.29. The molecule has 0 spiro atoms. The van der Waals surface area contributed by atoms with E-state index >= 15 is 0 Å². The molecule has 6 heteroatoms. The Labute approximate surface area is 116 Å². The first-order chi connectivity index (χ1) is 9.58. The molecule has 1 aromatic rings. The molecule has 20 heavy (non-hydrogen) atoms. The van der Waals surface area contributed by atoms with Gasteiger partial charge in [0.05, 0.1) is 5.56 Å². The van der Waals surface area contributed by atoms with Gasteiger partial charge in [0.1, 0.15) is 5.82 Å². The highest BCUT2D eigenvalue weighted by atomic mass is 16.4. The maximum absolute atomic E-state index is 11.8. The molecule has 1 aromatic heterocycles. The van der Waals surface area contributed by atoms with Crippen molar-refractivity contribution in [2.24, 2.45) is 0 Å². The summed E-state index contributed by atoms with van der Waals surface area (Å²) in [6.45, 7) is 0.246. The third kappa shape index (κ3) is 2.01. The van der Waals surface area contributed by atoms with E-state index in [4.69, 9.17) is 0 Å². The van der Waals surface area contributed by atoms with Crippen LogP contribution >= 0.6 is 0 Å². The molecule has 1 fully saturated rings. The van der Waals surface area contributed by atoms with E-state index in [9.17, 15) is 14.7 Å². The van der Waals surface area contributed by atoms with Gasteiger partial charge >= 0.3 is 5.97 Å². The maximum Gasteiger partial charge on any atom is 0.354 e. The Morgan fingerprint density at radius 2 is 2.15 bits per heavy atom. The quantitative estimate of drug-likeness (QED) is 0.871. The summed E-state index contributed by atoms with van der Waals surface area (Å²) in [5.74, 6) is -0.726. The van der Waals surface area contributed by atoms with Gasteiger partial charge in [-0.15, -0.1) is 0 Å². The van der Waals surface area contributed by atoms with E-state index in [1.165, 1.54) is 12.8 Å². The van der Waals surface area contributed by atoms with Crippen LogP contribution in [0.4, 0.5) is 5.82 Å². The zero-order chi connectivity index (χ0) is 14.3. The number of rotatable bonds is 3. The van der Waals surface area contributed by atoms with Crippen LogP contribution in [0.15, 0.2) is 6.07 Å². The van der Waals surface area contributed by atoms with Crippen LogP contribution < -0.4 is 10.2 Å². The molecule has 2 heterocycles. The molecule has 0 bridgehead atoms. The number of carbonyl (C=O) groups is 2. The van der Waals surface area contributed by atoms with E-state index < -0.39 is 5.97 Å². The second-order valence-corrected chi connectivity index (χ2v) is 5.39. The number of hydrogen-bond acceptors (Lipinski definition) is 4. The van der Waals surface area contributed by atoms with Crippen molar-refractivity contribution in [3.05, 3.63) is 22.9 Å². The van der Waals surface area contributed by atoms with Crippen LogP contribution in [0.3, 0.4) is 0 Å². The zero-order valence-corrected chi connectivity index (χ0v) is 11.3. The Balaban J connectivity index is 2.03. The second-order valence-electron chi connectivity index (χ2n) is 5.39. The number of aromatic nitrogens is 1. The van der Waals surface area contributed by atoms with Crippen LogP contribution in [0, 0.1) is 0 Å². The lowest BCUT2D eigenvalue weighted by Crippen LogP contribution is -2.30. The van der Waals surface area contributed by atoms with E-state index in [0.29, 0.717) is 23.0 Å². The van der Waals surface area contributed by atoms with Gasteiger partial charge in [-0.3, -0.25) is 4.79 Å². The molecule has 0 aromatic carbocycles. The van der Waals surface area contributed by atoms with Crippen molar-refractivity contribution in [2.75, 3.05) is 11.9 Å². The Kier molecular flexibility index (Phi) is 3.08. The lowest BCUT2D eigenvalue weighted by Gasteiger charge is -2.26. The zero-order valence-electron chi connectivity index (χ0n) is 11.3. The normalized spacial score (nSPS) is 17.9. The minimum atomic E-state index is -1.08. The summed E-state index contributed by atoms with van der Waals surface area (Å²) in [6.07, 6.45) is 4.55. The molecule has 0 saturated heterocycles. The number of carboxylic acid groups (broad SMARTS) is 1. The van der Waals surface area contributed by atoms with E-state index in [1.807, 2.05) is 11.9 Å². The molecule has 6 nitrogen and oxygen atoms in total.